The van der Waals surface area contributed by atoms with Gasteiger partial charge in [0.2, 0.25) is 0 Å². The monoisotopic (exact) mass is 266 g/mol. The van der Waals surface area contributed by atoms with E-state index in [0.29, 0.717) is 24.3 Å². The zero-order valence-electron chi connectivity index (χ0n) is 11.6. The van der Waals surface area contributed by atoms with E-state index in [1.165, 1.54) is 0 Å². The third kappa shape index (κ3) is 3.62. The number of ether oxygens (including phenoxy) is 1. The van der Waals surface area contributed by atoms with E-state index in [1.54, 1.807) is 4.90 Å². The largest absolute Gasteiger partial charge is 0.449 e. The summed E-state index contributed by atoms with van der Waals surface area (Å²) in [7, 11) is 0. The van der Waals surface area contributed by atoms with Gasteiger partial charge in [-0.1, -0.05) is 13.8 Å². The van der Waals surface area contributed by atoms with Crippen molar-refractivity contribution in [2.75, 3.05) is 25.4 Å². The van der Waals surface area contributed by atoms with Gasteiger partial charge in [0.1, 0.15) is 5.82 Å². The molecule has 0 atom stereocenters. The summed E-state index contributed by atoms with van der Waals surface area (Å²) in [6.45, 7) is 5.99. The second-order valence-electron chi connectivity index (χ2n) is 5.48. The lowest BCUT2D eigenvalue weighted by Gasteiger charge is -2.30. The molecule has 2 heterocycles. The molecule has 1 aromatic rings. The highest BCUT2D eigenvalue weighted by atomic mass is 16.6. The quantitative estimate of drug-likeness (QED) is 0.876. The first-order valence-electron chi connectivity index (χ1n) is 6.78. The standard InChI is InChI=1S/C13H22N4O2/c1-9(2)8-19-13(18)17-5-3-10(4-6-17)11-7-12(14)16-15-11/h7,9-10H,3-6,8H2,1-2H3,(H3,14,15,16). The number of anilines is 1. The van der Waals surface area contributed by atoms with Crippen molar-refractivity contribution in [3.05, 3.63) is 11.8 Å². The van der Waals surface area contributed by atoms with Gasteiger partial charge in [-0.05, 0) is 18.8 Å². The van der Waals surface area contributed by atoms with E-state index in [9.17, 15) is 4.79 Å². The fourth-order valence-electron chi connectivity index (χ4n) is 2.26. The first-order chi connectivity index (χ1) is 9.06. The van der Waals surface area contributed by atoms with E-state index < -0.39 is 0 Å². The lowest BCUT2D eigenvalue weighted by molar-refractivity contribution is 0.0832. The molecule has 1 fully saturated rings. The van der Waals surface area contributed by atoms with Crippen LogP contribution in [0.15, 0.2) is 6.07 Å². The van der Waals surface area contributed by atoms with E-state index in [4.69, 9.17) is 10.5 Å². The molecule has 1 amide bonds. The Morgan fingerprint density at radius 3 is 2.79 bits per heavy atom. The lowest BCUT2D eigenvalue weighted by atomic mass is 9.94. The smallest absolute Gasteiger partial charge is 0.409 e. The molecule has 6 nitrogen and oxygen atoms in total. The number of nitrogens with one attached hydrogen (secondary N) is 1. The number of nitrogen functional groups attached to an aromatic ring is 1. The Kier molecular flexibility index (Phi) is 4.29. The van der Waals surface area contributed by atoms with Gasteiger partial charge in [-0.15, -0.1) is 0 Å². The van der Waals surface area contributed by atoms with Crippen LogP contribution in [0.3, 0.4) is 0 Å². The number of nitrogens with two attached hydrogens (primary N) is 1. The number of hydrogen-bond acceptors (Lipinski definition) is 4. The highest BCUT2D eigenvalue weighted by molar-refractivity contribution is 5.67. The molecule has 0 radical (unpaired) electrons. The number of hydrogen-bond donors (Lipinski definition) is 2. The summed E-state index contributed by atoms with van der Waals surface area (Å²) in [5.74, 6) is 1.29. The van der Waals surface area contributed by atoms with Crippen LogP contribution in [0.25, 0.3) is 0 Å². The molecular formula is C13H22N4O2. The highest BCUT2D eigenvalue weighted by Crippen LogP contribution is 2.27. The maximum absolute atomic E-state index is 11.8. The van der Waals surface area contributed by atoms with Crippen molar-refractivity contribution in [1.82, 2.24) is 15.1 Å². The molecule has 1 aromatic heterocycles. The van der Waals surface area contributed by atoms with Crippen LogP contribution in [-0.4, -0.2) is 40.9 Å². The Labute approximate surface area is 113 Å². The number of likely N-dealkylation sites (tertiary alicyclic amines) is 1. The number of amides is 1. The lowest BCUT2D eigenvalue weighted by Crippen LogP contribution is -2.38. The van der Waals surface area contributed by atoms with Gasteiger partial charge in [-0.2, -0.15) is 5.10 Å². The molecule has 2 rings (SSSR count). The molecule has 0 spiro atoms. The van der Waals surface area contributed by atoms with Gasteiger partial charge in [-0.25, -0.2) is 4.79 Å². The van der Waals surface area contributed by atoms with Gasteiger partial charge in [0.15, 0.2) is 0 Å². The average Bonchev–Trinajstić information content (AvgIpc) is 2.83. The second-order valence-corrected chi connectivity index (χ2v) is 5.48. The van der Waals surface area contributed by atoms with Crippen LogP contribution in [-0.2, 0) is 4.74 Å². The molecule has 19 heavy (non-hydrogen) atoms. The summed E-state index contributed by atoms with van der Waals surface area (Å²) in [5, 5.41) is 6.89. The van der Waals surface area contributed by atoms with Gasteiger partial charge in [0.05, 0.1) is 6.61 Å². The molecule has 1 aliphatic heterocycles. The fourth-order valence-corrected chi connectivity index (χ4v) is 2.26. The van der Waals surface area contributed by atoms with E-state index in [-0.39, 0.29) is 6.09 Å². The van der Waals surface area contributed by atoms with Crippen LogP contribution in [0.1, 0.15) is 38.3 Å². The minimum atomic E-state index is -0.198. The van der Waals surface area contributed by atoms with Crippen molar-refractivity contribution in [3.63, 3.8) is 0 Å². The van der Waals surface area contributed by atoms with Gasteiger partial charge in [0, 0.05) is 30.8 Å². The van der Waals surface area contributed by atoms with Crippen molar-refractivity contribution in [2.24, 2.45) is 5.92 Å². The van der Waals surface area contributed by atoms with E-state index in [2.05, 4.69) is 10.2 Å². The SMILES string of the molecule is CC(C)COC(=O)N1CCC(c2cc(N)n[nH]2)CC1. The first-order valence-corrected chi connectivity index (χ1v) is 6.78. The average molecular weight is 266 g/mol. The molecule has 0 saturated carbocycles. The number of nitrogens with zero attached hydrogens (tertiary/aromatic N) is 2. The summed E-state index contributed by atoms with van der Waals surface area (Å²) in [5.41, 5.74) is 6.66. The van der Waals surface area contributed by atoms with Gasteiger partial charge in [-0.3, -0.25) is 5.10 Å². The van der Waals surface area contributed by atoms with Crippen LogP contribution < -0.4 is 5.73 Å². The van der Waals surface area contributed by atoms with Gasteiger partial charge < -0.3 is 15.4 Å². The van der Waals surface area contributed by atoms with Crippen molar-refractivity contribution < 1.29 is 9.53 Å². The molecule has 0 aromatic carbocycles. The summed E-state index contributed by atoms with van der Waals surface area (Å²) in [6.07, 6.45) is 1.63. The molecule has 3 N–H and O–H groups in total. The Morgan fingerprint density at radius 1 is 1.58 bits per heavy atom. The maximum Gasteiger partial charge on any atom is 0.409 e. The number of carbonyl (C=O) groups excluding carboxylic acids is 1. The summed E-state index contributed by atoms with van der Waals surface area (Å²) in [6, 6.07) is 1.87. The van der Waals surface area contributed by atoms with Crippen molar-refractivity contribution in [2.45, 2.75) is 32.6 Å². The third-order valence-corrected chi connectivity index (χ3v) is 3.35. The normalized spacial score (nSPS) is 16.9. The molecule has 1 saturated heterocycles. The summed E-state index contributed by atoms with van der Waals surface area (Å²) in [4.78, 5) is 13.6. The van der Waals surface area contributed by atoms with E-state index >= 15 is 0 Å². The number of aromatic nitrogens is 2. The van der Waals surface area contributed by atoms with Crippen molar-refractivity contribution in [3.8, 4) is 0 Å². The zero-order chi connectivity index (χ0) is 13.8. The highest BCUT2D eigenvalue weighted by Gasteiger charge is 2.25. The predicted molar refractivity (Wildman–Crippen MR) is 72.7 cm³/mol. The Morgan fingerprint density at radius 2 is 2.26 bits per heavy atom. The number of carbonyl (C=O) groups is 1. The second kappa shape index (κ2) is 5.95. The van der Waals surface area contributed by atoms with Crippen LogP contribution in [0, 0.1) is 5.92 Å². The minimum absolute atomic E-state index is 0.198. The van der Waals surface area contributed by atoms with E-state index in [0.717, 1.165) is 31.6 Å². The molecule has 106 valence electrons. The fraction of sp³-hybridized carbons (Fsp3) is 0.692. The predicted octanol–water partition coefficient (Wildman–Crippen LogP) is 1.96. The maximum atomic E-state index is 11.8. The Hall–Kier alpha value is -1.72. The first kappa shape index (κ1) is 13.7. The molecule has 0 bridgehead atoms. The molecule has 0 aliphatic carbocycles. The van der Waals surface area contributed by atoms with Crippen LogP contribution in [0.4, 0.5) is 10.6 Å². The Bertz CT molecular complexity index is 422. The molecular weight excluding hydrogens is 244 g/mol. The van der Waals surface area contributed by atoms with Crippen molar-refractivity contribution in [1.29, 1.82) is 0 Å². The minimum Gasteiger partial charge on any atom is -0.449 e. The van der Waals surface area contributed by atoms with Crippen LogP contribution in [0.2, 0.25) is 0 Å². The number of rotatable bonds is 3. The topological polar surface area (TPSA) is 84.2 Å². The van der Waals surface area contributed by atoms with Gasteiger partial charge >= 0.3 is 6.09 Å². The zero-order valence-corrected chi connectivity index (χ0v) is 11.6. The Balaban J connectivity index is 1.80. The third-order valence-electron chi connectivity index (χ3n) is 3.35. The molecule has 6 heteroatoms. The number of aromatic amines is 1. The van der Waals surface area contributed by atoms with Gasteiger partial charge in [0.25, 0.3) is 0 Å². The molecule has 0 unspecified atom stereocenters. The van der Waals surface area contributed by atoms with Crippen molar-refractivity contribution >= 4 is 11.9 Å². The van der Waals surface area contributed by atoms with Crippen LogP contribution in [0.5, 0.6) is 0 Å². The van der Waals surface area contributed by atoms with E-state index in [1.807, 2.05) is 19.9 Å². The number of H-pyrrole nitrogens is 1. The van der Waals surface area contributed by atoms with Crippen LogP contribution >= 0.6 is 0 Å². The number of piperidine rings is 1. The molecule has 1 aliphatic rings. The summed E-state index contributed by atoms with van der Waals surface area (Å²) >= 11 is 0. The summed E-state index contributed by atoms with van der Waals surface area (Å²) < 4.78 is 5.23.